The Morgan fingerprint density at radius 2 is 1.61 bits per heavy atom. The molecule has 3 rings (SSSR count). The van der Waals surface area contributed by atoms with Gasteiger partial charge in [-0.15, -0.1) is 0 Å². The van der Waals surface area contributed by atoms with E-state index in [4.69, 9.17) is 0 Å². The molecule has 0 bridgehead atoms. The topological polar surface area (TPSA) is 61.7 Å². The Labute approximate surface area is 162 Å². The third-order valence-corrected chi connectivity index (χ3v) is 5.35. The van der Waals surface area contributed by atoms with E-state index >= 15 is 0 Å². The van der Waals surface area contributed by atoms with Gasteiger partial charge in [-0.1, -0.05) is 0 Å². The first-order chi connectivity index (χ1) is 13.3. The van der Waals surface area contributed by atoms with Crippen molar-refractivity contribution in [3.8, 4) is 0 Å². The summed E-state index contributed by atoms with van der Waals surface area (Å²) >= 11 is 0. The largest absolute Gasteiger partial charge is 0.375 e. The summed E-state index contributed by atoms with van der Waals surface area (Å²) < 4.78 is 26.4. The van der Waals surface area contributed by atoms with E-state index < -0.39 is 10.7 Å². The minimum Gasteiger partial charge on any atom is -0.375 e. The normalized spacial score (nSPS) is 17.2. The van der Waals surface area contributed by atoms with Gasteiger partial charge < -0.3 is 10.2 Å². The van der Waals surface area contributed by atoms with Gasteiger partial charge in [-0.3, -0.25) is 15.0 Å². The lowest BCUT2D eigenvalue weighted by Crippen LogP contribution is -2.53. The average molecular weight is 390 g/mol. The van der Waals surface area contributed by atoms with Crippen molar-refractivity contribution in [2.24, 2.45) is 0 Å². The molecule has 1 N–H and O–H groups in total. The molecule has 0 saturated carbocycles. The highest BCUT2D eigenvalue weighted by molar-refractivity contribution is 5.62. The van der Waals surface area contributed by atoms with Crippen LogP contribution in [0.1, 0.15) is 13.8 Å². The summed E-state index contributed by atoms with van der Waals surface area (Å²) in [6, 6.07) is 10.1. The van der Waals surface area contributed by atoms with Gasteiger partial charge in [-0.2, -0.15) is 0 Å². The van der Waals surface area contributed by atoms with E-state index in [0.717, 1.165) is 37.9 Å². The minimum absolute atomic E-state index is 0.0680. The van der Waals surface area contributed by atoms with Gasteiger partial charge in [-0.05, 0) is 50.2 Å². The maximum Gasteiger partial charge on any atom is 0.295 e. The summed E-state index contributed by atoms with van der Waals surface area (Å²) in [6.45, 7) is 7.33. The van der Waals surface area contributed by atoms with Crippen molar-refractivity contribution >= 4 is 17.1 Å². The fourth-order valence-corrected chi connectivity index (χ4v) is 3.50. The molecule has 0 radical (unpaired) electrons. The van der Waals surface area contributed by atoms with Crippen LogP contribution < -0.4 is 10.2 Å². The van der Waals surface area contributed by atoms with Crippen molar-refractivity contribution in [3.63, 3.8) is 0 Å². The van der Waals surface area contributed by atoms with Crippen molar-refractivity contribution in [3.05, 3.63) is 64.2 Å². The lowest BCUT2D eigenvalue weighted by atomic mass is 10.1. The summed E-state index contributed by atoms with van der Waals surface area (Å²) in [6.07, 6.45) is 0. The number of rotatable bonds is 6. The summed E-state index contributed by atoms with van der Waals surface area (Å²) in [4.78, 5) is 15.1. The lowest BCUT2D eigenvalue weighted by Gasteiger charge is -2.41. The number of piperazine rings is 1. The van der Waals surface area contributed by atoms with Crippen LogP contribution in [-0.4, -0.2) is 48.1 Å². The monoisotopic (exact) mass is 390 g/mol. The molecule has 28 heavy (non-hydrogen) atoms. The van der Waals surface area contributed by atoms with Crippen molar-refractivity contribution in [2.45, 2.75) is 25.9 Å². The van der Waals surface area contributed by atoms with E-state index in [-0.39, 0.29) is 23.6 Å². The molecule has 1 fully saturated rings. The van der Waals surface area contributed by atoms with E-state index in [2.05, 4.69) is 22.0 Å². The standard InChI is InChI=1S/C20H24F2N4O2/c1-14(23-19-8-5-17(22)13-20(19)26(27)28)15(2)24-9-11-25(12-10-24)18-6-3-16(21)4-7-18/h3-8,13-15,23H,9-12H2,1-2H3. The molecule has 1 heterocycles. The van der Waals surface area contributed by atoms with Gasteiger partial charge in [0.15, 0.2) is 0 Å². The first-order valence-electron chi connectivity index (χ1n) is 9.30. The zero-order valence-electron chi connectivity index (χ0n) is 15.9. The number of hydrogen-bond acceptors (Lipinski definition) is 5. The molecule has 0 amide bonds. The van der Waals surface area contributed by atoms with Crippen LogP contribution in [0.4, 0.5) is 25.8 Å². The quantitative estimate of drug-likeness (QED) is 0.599. The maximum absolute atomic E-state index is 13.3. The molecule has 1 saturated heterocycles. The van der Waals surface area contributed by atoms with Crippen LogP contribution in [0.3, 0.4) is 0 Å². The molecule has 2 aromatic rings. The first-order valence-corrected chi connectivity index (χ1v) is 9.30. The Bertz CT molecular complexity index is 823. The molecule has 6 nitrogen and oxygen atoms in total. The van der Waals surface area contributed by atoms with Crippen molar-refractivity contribution in [2.75, 3.05) is 36.4 Å². The van der Waals surface area contributed by atoms with Crippen LogP contribution in [0, 0.1) is 21.7 Å². The third-order valence-electron chi connectivity index (χ3n) is 5.35. The molecule has 2 aromatic carbocycles. The summed E-state index contributed by atoms with van der Waals surface area (Å²) in [5.74, 6) is -0.874. The number of anilines is 2. The number of hydrogen-bond donors (Lipinski definition) is 1. The van der Waals surface area contributed by atoms with Gasteiger partial charge in [0.05, 0.1) is 11.0 Å². The number of nitro groups is 1. The zero-order chi connectivity index (χ0) is 20.3. The Morgan fingerprint density at radius 3 is 2.21 bits per heavy atom. The van der Waals surface area contributed by atoms with Crippen LogP contribution in [0.15, 0.2) is 42.5 Å². The number of nitrogens with one attached hydrogen (secondary N) is 1. The van der Waals surface area contributed by atoms with Gasteiger partial charge in [0.1, 0.15) is 17.3 Å². The summed E-state index contributed by atoms with van der Waals surface area (Å²) in [7, 11) is 0. The van der Waals surface area contributed by atoms with Gasteiger partial charge in [0.2, 0.25) is 0 Å². The number of benzene rings is 2. The fourth-order valence-electron chi connectivity index (χ4n) is 3.50. The molecule has 1 aliphatic rings. The Balaban J connectivity index is 1.60. The zero-order valence-corrected chi connectivity index (χ0v) is 15.9. The van der Waals surface area contributed by atoms with Crippen molar-refractivity contribution < 1.29 is 13.7 Å². The predicted octanol–water partition coefficient (Wildman–Crippen LogP) is 3.88. The number of nitrogens with zero attached hydrogens (tertiary/aromatic N) is 3. The molecule has 0 aromatic heterocycles. The van der Waals surface area contributed by atoms with Crippen molar-refractivity contribution in [1.29, 1.82) is 0 Å². The van der Waals surface area contributed by atoms with Crippen LogP contribution in [-0.2, 0) is 0 Å². The highest BCUT2D eigenvalue weighted by atomic mass is 19.1. The van der Waals surface area contributed by atoms with Gasteiger partial charge in [0.25, 0.3) is 5.69 Å². The van der Waals surface area contributed by atoms with E-state index in [9.17, 15) is 18.9 Å². The van der Waals surface area contributed by atoms with E-state index in [1.165, 1.54) is 24.3 Å². The summed E-state index contributed by atoms with van der Waals surface area (Å²) in [5.41, 5.74) is 1.05. The van der Waals surface area contributed by atoms with Gasteiger partial charge in [-0.25, -0.2) is 8.78 Å². The summed E-state index contributed by atoms with van der Waals surface area (Å²) in [5, 5.41) is 14.3. The molecule has 0 spiro atoms. The second-order valence-corrected chi connectivity index (χ2v) is 7.09. The highest BCUT2D eigenvalue weighted by Crippen LogP contribution is 2.27. The molecule has 2 atom stereocenters. The third kappa shape index (κ3) is 4.56. The highest BCUT2D eigenvalue weighted by Gasteiger charge is 2.26. The number of nitro benzene ring substituents is 1. The van der Waals surface area contributed by atoms with E-state index in [1.54, 1.807) is 12.1 Å². The van der Waals surface area contributed by atoms with E-state index in [0.29, 0.717) is 5.69 Å². The molecular formula is C20H24F2N4O2. The van der Waals surface area contributed by atoms with Gasteiger partial charge in [0, 0.05) is 44.0 Å². The van der Waals surface area contributed by atoms with E-state index in [1.807, 2.05) is 6.92 Å². The Kier molecular flexibility index (Phi) is 6.08. The smallest absolute Gasteiger partial charge is 0.295 e. The SMILES string of the molecule is CC(Nc1ccc(F)cc1[N+](=O)[O-])C(C)N1CCN(c2ccc(F)cc2)CC1. The minimum atomic E-state index is -0.630. The maximum atomic E-state index is 13.3. The molecule has 0 aliphatic carbocycles. The fraction of sp³-hybridized carbons (Fsp3) is 0.400. The molecule has 2 unspecified atom stereocenters. The average Bonchev–Trinajstić information content (AvgIpc) is 2.69. The molecular weight excluding hydrogens is 366 g/mol. The predicted molar refractivity (Wildman–Crippen MR) is 106 cm³/mol. The lowest BCUT2D eigenvalue weighted by molar-refractivity contribution is -0.384. The second-order valence-electron chi connectivity index (χ2n) is 7.09. The van der Waals surface area contributed by atoms with Crippen LogP contribution >= 0.6 is 0 Å². The Hall–Kier alpha value is -2.74. The van der Waals surface area contributed by atoms with Gasteiger partial charge >= 0.3 is 0 Å². The Morgan fingerprint density at radius 1 is 1.00 bits per heavy atom. The molecule has 8 heteroatoms. The van der Waals surface area contributed by atoms with Crippen LogP contribution in [0.25, 0.3) is 0 Å². The number of halogens is 2. The molecule has 1 aliphatic heterocycles. The first kappa shape index (κ1) is 20.0. The van der Waals surface area contributed by atoms with Crippen LogP contribution in [0.2, 0.25) is 0 Å². The molecule has 150 valence electrons. The van der Waals surface area contributed by atoms with Crippen molar-refractivity contribution in [1.82, 2.24) is 4.90 Å². The van der Waals surface area contributed by atoms with Crippen LogP contribution in [0.5, 0.6) is 0 Å². The second kappa shape index (κ2) is 8.52.